The van der Waals surface area contributed by atoms with E-state index in [0.717, 1.165) is 25.7 Å². The van der Waals surface area contributed by atoms with Crippen molar-refractivity contribution < 1.29 is 31.2 Å². The van der Waals surface area contributed by atoms with E-state index in [-0.39, 0.29) is 59.1 Å². The van der Waals surface area contributed by atoms with Gasteiger partial charge in [0.1, 0.15) is 17.3 Å². The standard InChI is InChI=1S/C16H18ClNO4S.C14H16ClNO3S.CH4/c1-10(19)16-14-4-2-3-12(9-15(16)20)18(14)23(21,22)13-7-5-11(17)6-8-13;15-10-4-6-14(7-5-10)20(18,19)16-11-2-1-3-12(16)9-13(17)8-11;/h5-8,12,14,16H,2-4,9H2,1H3;4-7,11-12H,1-3,8-9H2;1H4. The van der Waals surface area contributed by atoms with Crippen LogP contribution in [0.4, 0.5) is 0 Å². The van der Waals surface area contributed by atoms with E-state index in [1.54, 1.807) is 16.4 Å². The van der Waals surface area contributed by atoms with Crippen LogP contribution in [0.15, 0.2) is 58.3 Å². The van der Waals surface area contributed by atoms with Crippen LogP contribution in [0.5, 0.6) is 0 Å². The zero-order valence-corrected chi connectivity index (χ0v) is 26.8. The molecular weight excluding hydrogens is 647 g/mol. The number of hydrogen-bond donors (Lipinski definition) is 0. The van der Waals surface area contributed by atoms with E-state index < -0.39 is 32.0 Å². The number of sulfonamides is 2. The molecule has 2 aromatic rings. The summed E-state index contributed by atoms with van der Waals surface area (Å²) in [5, 5.41) is 0.970. The van der Waals surface area contributed by atoms with E-state index in [9.17, 15) is 31.2 Å². The van der Waals surface area contributed by atoms with Crippen molar-refractivity contribution in [2.24, 2.45) is 5.92 Å². The lowest BCUT2D eigenvalue weighted by atomic mass is 9.77. The van der Waals surface area contributed by atoms with Crippen LogP contribution < -0.4 is 0 Å². The molecule has 6 rings (SSSR count). The predicted molar refractivity (Wildman–Crippen MR) is 169 cm³/mol. The smallest absolute Gasteiger partial charge is 0.243 e. The summed E-state index contributed by atoms with van der Waals surface area (Å²) in [6, 6.07) is 11.0. The molecule has 0 aromatic heterocycles. The Labute approximate surface area is 270 Å². The van der Waals surface area contributed by atoms with Crippen LogP contribution in [0.2, 0.25) is 10.0 Å². The molecule has 0 spiro atoms. The third-order valence-electron chi connectivity index (χ3n) is 8.83. The number of carbonyl (C=O) groups is 3. The highest BCUT2D eigenvalue weighted by Gasteiger charge is 2.51. The summed E-state index contributed by atoms with van der Waals surface area (Å²) >= 11 is 11.6. The largest absolute Gasteiger partial charge is 0.300 e. The van der Waals surface area contributed by atoms with Crippen LogP contribution >= 0.6 is 23.2 Å². The number of Topliss-reactive ketones (excluding diaryl/α,β-unsaturated/α-hetero) is 3. The van der Waals surface area contributed by atoms with Gasteiger partial charge in [-0.2, -0.15) is 8.61 Å². The van der Waals surface area contributed by atoms with Gasteiger partial charge in [0, 0.05) is 53.5 Å². The molecule has 4 heterocycles. The first-order valence-corrected chi connectivity index (χ1v) is 18.1. The summed E-state index contributed by atoms with van der Waals surface area (Å²) in [5.74, 6) is -1.04. The van der Waals surface area contributed by atoms with Crippen molar-refractivity contribution in [1.29, 1.82) is 0 Å². The van der Waals surface area contributed by atoms with Crippen LogP contribution in [0.1, 0.15) is 72.1 Å². The van der Waals surface area contributed by atoms with Crippen LogP contribution in [0.25, 0.3) is 0 Å². The lowest BCUT2D eigenvalue weighted by molar-refractivity contribution is -0.139. The number of ketones is 3. The number of fused-ring (bicyclic) bond motifs is 4. The minimum absolute atomic E-state index is 0. The maximum absolute atomic E-state index is 13.0. The van der Waals surface area contributed by atoms with Gasteiger partial charge in [0.25, 0.3) is 0 Å². The van der Waals surface area contributed by atoms with Gasteiger partial charge in [0.05, 0.1) is 15.7 Å². The molecule has 4 aliphatic rings. The van der Waals surface area contributed by atoms with Gasteiger partial charge in [-0.15, -0.1) is 0 Å². The second kappa shape index (κ2) is 13.7. The zero-order chi connectivity index (χ0) is 31.1. The quantitative estimate of drug-likeness (QED) is 0.371. The molecule has 44 heavy (non-hydrogen) atoms. The first-order valence-electron chi connectivity index (χ1n) is 14.4. The average Bonchev–Trinajstić information content (AvgIpc) is 2.92. The Balaban J connectivity index is 0.000000198. The second-order valence-corrected chi connectivity index (χ2v) is 16.2. The number of benzene rings is 2. The van der Waals surface area contributed by atoms with E-state index in [4.69, 9.17) is 23.2 Å². The van der Waals surface area contributed by atoms with Crippen molar-refractivity contribution in [1.82, 2.24) is 8.61 Å². The summed E-state index contributed by atoms with van der Waals surface area (Å²) < 4.78 is 54.7. The molecule has 4 fully saturated rings. The molecule has 4 aliphatic heterocycles. The third kappa shape index (κ3) is 6.83. The average molecular weight is 686 g/mol. The van der Waals surface area contributed by atoms with Crippen LogP contribution in [0.3, 0.4) is 0 Å². The number of carbonyl (C=O) groups excluding carboxylic acids is 3. The number of hydrogen-bond acceptors (Lipinski definition) is 7. The molecule has 13 heteroatoms. The number of halogens is 2. The topological polar surface area (TPSA) is 126 Å². The maximum atomic E-state index is 13.0. The van der Waals surface area contributed by atoms with Crippen molar-refractivity contribution in [3.05, 3.63) is 58.6 Å². The van der Waals surface area contributed by atoms with Crippen molar-refractivity contribution in [3.8, 4) is 0 Å². The minimum atomic E-state index is -3.76. The molecule has 0 amide bonds. The molecule has 0 radical (unpaired) electrons. The SMILES string of the molecule is C.CC(=O)C1C(=O)CC2CCCC1N2S(=O)(=O)c1ccc(Cl)cc1.O=C1CC2CCCC(C1)N2S(=O)(=O)c1ccc(Cl)cc1. The molecule has 9 nitrogen and oxygen atoms in total. The normalized spacial score (nSPS) is 27.5. The molecule has 2 aromatic carbocycles. The highest BCUT2D eigenvalue weighted by Crippen LogP contribution is 2.40. The van der Waals surface area contributed by atoms with Crippen LogP contribution in [-0.2, 0) is 34.4 Å². The molecule has 0 aliphatic carbocycles. The van der Waals surface area contributed by atoms with E-state index in [0.29, 0.717) is 35.7 Å². The fraction of sp³-hybridized carbons (Fsp3) is 0.516. The Morgan fingerprint density at radius 3 is 1.55 bits per heavy atom. The van der Waals surface area contributed by atoms with E-state index in [1.165, 1.54) is 47.6 Å². The Bertz CT molecular complexity index is 1600. The van der Waals surface area contributed by atoms with Gasteiger partial charge in [0.2, 0.25) is 20.0 Å². The summed E-state index contributed by atoms with van der Waals surface area (Å²) in [7, 11) is -7.30. The van der Waals surface area contributed by atoms with E-state index in [1.807, 2.05) is 0 Å². The first kappa shape index (κ1) is 34.7. The fourth-order valence-corrected chi connectivity index (χ4v) is 11.0. The predicted octanol–water partition coefficient (Wildman–Crippen LogP) is 5.68. The fourth-order valence-electron chi connectivity index (χ4n) is 7.02. The van der Waals surface area contributed by atoms with Gasteiger partial charge in [-0.05, 0) is 81.1 Å². The summed E-state index contributed by atoms with van der Waals surface area (Å²) in [5.41, 5.74) is 0. The van der Waals surface area contributed by atoms with Gasteiger partial charge in [-0.25, -0.2) is 16.8 Å². The molecule has 0 N–H and O–H groups in total. The van der Waals surface area contributed by atoms with Gasteiger partial charge >= 0.3 is 0 Å². The molecule has 5 unspecified atom stereocenters. The van der Waals surface area contributed by atoms with Crippen molar-refractivity contribution in [2.75, 3.05) is 0 Å². The molecule has 0 saturated carbocycles. The Morgan fingerprint density at radius 2 is 1.09 bits per heavy atom. The number of rotatable bonds is 5. The molecule has 4 saturated heterocycles. The highest BCUT2D eigenvalue weighted by atomic mass is 35.5. The Kier molecular flexibility index (Phi) is 10.8. The molecule has 4 bridgehead atoms. The van der Waals surface area contributed by atoms with Crippen molar-refractivity contribution in [2.45, 2.75) is 106 Å². The lowest BCUT2D eigenvalue weighted by Gasteiger charge is -2.47. The minimum Gasteiger partial charge on any atom is -0.300 e. The van der Waals surface area contributed by atoms with Gasteiger partial charge in [0.15, 0.2) is 0 Å². The molecule has 240 valence electrons. The van der Waals surface area contributed by atoms with Gasteiger partial charge < -0.3 is 0 Å². The van der Waals surface area contributed by atoms with Crippen LogP contribution in [-0.4, -0.2) is 67.0 Å². The zero-order valence-electron chi connectivity index (χ0n) is 23.7. The number of nitrogens with zero attached hydrogens (tertiary/aromatic N) is 2. The first-order chi connectivity index (χ1) is 20.3. The monoisotopic (exact) mass is 684 g/mol. The third-order valence-corrected chi connectivity index (χ3v) is 13.3. The summed E-state index contributed by atoms with van der Waals surface area (Å²) in [6.07, 6.45) is 5.39. The highest BCUT2D eigenvalue weighted by molar-refractivity contribution is 7.89. The Morgan fingerprint density at radius 1 is 0.682 bits per heavy atom. The van der Waals surface area contributed by atoms with Gasteiger partial charge in [-0.3, -0.25) is 14.4 Å². The number of piperidine rings is 4. The molecule has 5 atom stereocenters. The summed E-state index contributed by atoms with van der Waals surface area (Å²) in [6.45, 7) is 1.37. The molecular formula is C31H38Cl2N2O7S2. The lowest BCUT2D eigenvalue weighted by Crippen LogP contribution is -2.60. The summed E-state index contributed by atoms with van der Waals surface area (Å²) in [4.78, 5) is 36.2. The Hall–Kier alpha value is -2.15. The maximum Gasteiger partial charge on any atom is 0.243 e. The van der Waals surface area contributed by atoms with E-state index >= 15 is 0 Å². The van der Waals surface area contributed by atoms with Crippen molar-refractivity contribution in [3.63, 3.8) is 0 Å². The van der Waals surface area contributed by atoms with E-state index in [2.05, 4.69) is 0 Å². The van der Waals surface area contributed by atoms with Crippen LogP contribution in [0, 0.1) is 5.92 Å². The van der Waals surface area contributed by atoms with Crippen molar-refractivity contribution >= 4 is 60.6 Å². The second-order valence-electron chi connectivity index (χ2n) is 11.7. The van der Waals surface area contributed by atoms with Gasteiger partial charge in [-0.1, -0.05) is 43.5 Å².